The van der Waals surface area contributed by atoms with Gasteiger partial charge >= 0.3 is 0 Å². The van der Waals surface area contributed by atoms with Crippen LogP contribution in [-0.2, 0) is 4.79 Å². The van der Waals surface area contributed by atoms with Gasteiger partial charge in [-0.25, -0.2) is 0 Å². The summed E-state index contributed by atoms with van der Waals surface area (Å²) in [7, 11) is 0. The molecule has 0 radical (unpaired) electrons. The Kier molecular flexibility index (Phi) is 3.31. The largest absolute Gasteiger partial charge is 0.322 e. The average Bonchev–Trinajstić information content (AvgIpc) is 2.62. The lowest BCUT2D eigenvalue weighted by Crippen LogP contribution is -2.49. The highest BCUT2D eigenvalue weighted by Gasteiger charge is 2.34. The first kappa shape index (κ1) is 14.5. The summed E-state index contributed by atoms with van der Waals surface area (Å²) in [5.74, 6) is -0.349. The molecule has 0 bridgehead atoms. The van der Waals surface area contributed by atoms with Gasteiger partial charge in [-0.05, 0) is 42.0 Å². The van der Waals surface area contributed by atoms with Crippen LogP contribution < -0.4 is 10.2 Å². The van der Waals surface area contributed by atoms with Crippen LogP contribution in [0.5, 0.6) is 0 Å². The Morgan fingerprint density at radius 2 is 1.67 bits per heavy atom. The number of rotatable bonds is 1. The maximum Gasteiger partial charge on any atom is 0.259 e. The van der Waals surface area contributed by atoms with Crippen LogP contribution >= 0.6 is 0 Å². The summed E-state index contributed by atoms with van der Waals surface area (Å²) < 4.78 is 0. The number of carbonyl (C=O) groups excluding carboxylic acids is 2. The Hall–Kier alpha value is -3.14. The molecule has 24 heavy (non-hydrogen) atoms. The third kappa shape index (κ3) is 2.24. The van der Waals surface area contributed by atoms with Gasteiger partial charge in [0.05, 0.1) is 11.4 Å². The second-order valence-corrected chi connectivity index (χ2v) is 5.92. The van der Waals surface area contributed by atoms with Gasteiger partial charge in [-0.3, -0.25) is 14.5 Å². The van der Waals surface area contributed by atoms with Crippen molar-refractivity contribution in [3.63, 3.8) is 0 Å². The highest BCUT2D eigenvalue weighted by molar-refractivity contribution is 6.17. The molecule has 118 valence electrons. The van der Waals surface area contributed by atoms with Crippen molar-refractivity contribution < 1.29 is 9.59 Å². The summed E-state index contributed by atoms with van der Waals surface area (Å²) in [6, 6.07) is 20.3. The van der Waals surface area contributed by atoms with E-state index < -0.39 is 6.04 Å². The molecule has 0 saturated heterocycles. The lowest BCUT2D eigenvalue weighted by molar-refractivity contribution is -0.117. The first-order chi connectivity index (χ1) is 11.6. The minimum absolute atomic E-state index is 0.171. The van der Waals surface area contributed by atoms with Crippen LogP contribution in [0, 0.1) is 0 Å². The fourth-order valence-electron chi connectivity index (χ4n) is 3.10. The van der Waals surface area contributed by atoms with Gasteiger partial charge in [-0.15, -0.1) is 0 Å². The number of hydrogen-bond donors (Lipinski definition) is 1. The zero-order valence-electron chi connectivity index (χ0n) is 13.2. The van der Waals surface area contributed by atoms with Gasteiger partial charge in [0.2, 0.25) is 5.91 Å². The van der Waals surface area contributed by atoms with Crippen LogP contribution in [0.3, 0.4) is 0 Å². The van der Waals surface area contributed by atoms with E-state index in [4.69, 9.17) is 0 Å². The van der Waals surface area contributed by atoms with Crippen LogP contribution in [0.4, 0.5) is 11.4 Å². The molecular formula is C20H16N2O2. The predicted molar refractivity (Wildman–Crippen MR) is 95.3 cm³/mol. The molecule has 2 amide bonds. The number of amides is 2. The van der Waals surface area contributed by atoms with Crippen molar-refractivity contribution in [1.82, 2.24) is 0 Å². The van der Waals surface area contributed by atoms with Gasteiger partial charge in [-0.2, -0.15) is 0 Å². The molecule has 1 atom stereocenters. The Balaban J connectivity index is 1.81. The van der Waals surface area contributed by atoms with Crippen LogP contribution in [0.15, 0.2) is 66.7 Å². The Morgan fingerprint density at radius 3 is 2.50 bits per heavy atom. The van der Waals surface area contributed by atoms with Gasteiger partial charge in [0.25, 0.3) is 5.91 Å². The zero-order chi connectivity index (χ0) is 16.7. The van der Waals surface area contributed by atoms with Gasteiger partial charge in [-0.1, -0.05) is 42.5 Å². The minimum atomic E-state index is -0.557. The fraction of sp³-hybridized carbons (Fsp3) is 0.100. The highest BCUT2D eigenvalue weighted by Crippen LogP contribution is 2.33. The van der Waals surface area contributed by atoms with Crippen molar-refractivity contribution in [2.24, 2.45) is 0 Å². The highest BCUT2D eigenvalue weighted by atomic mass is 16.2. The summed E-state index contributed by atoms with van der Waals surface area (Å²) in [6.45, 7) is 1.74. The topological polar surface area (TPSA) is 49.4 Å². The van der Waals surface area contributed by atoms with E-state index in [9.17, 15) is 9.59 Å². The molecule has 4 heteroatoms. The summed E-state index contributed by atoms with van der Waals surface area (Å²) in [5.41, 5.74) is 1.96. The second-order valence-electron chi connectivity index (χ2n) is 5.92. The van der Waals surface area contributed by atoms with E-state index >= 15 is 0 Å². The first-order valence-electron chi connectivity index (χ1n) is 7.87. The van der Waals surface area contributed by atoms with Gasteiger partial charge in [0.1, 0.15) is 6.04 Å². The Bertz CT molecular complexity index is 965. The number of hydrogen-bond acceptors (Lipinski definition) is 2. The summed E-state index contributed by atoms with van der Waals surface area (Å²) in [5, 5.41) is 4.93. The molecule has 1 N–H and O–H groups in total. The van der Waals surface area contributed by atoms with Crippen LogP contribution in [0.1, 0.15) is 17.3 Å². The monoisotopic (exact) mass is 316 g/mol. The lowest BCUT2D eigenvalue weighted by Gasteiger charge is -2.34. The van der Waals surface area contributed by atoms with Gasteiger partial charge in [0.15, 0.2) is 0 Å². The summed E-state index contributed by atoms with van der Waals surface area (Å²) in [6.07, 6.45) is 0. The second kappa shape index (κ2) is 5.49. The van der Waals surface area contributed by atoms with Gasteiger partial charge < -0.3 is 5.32 Å². The van der Waals surface area contributed by atoms with E-state index in [-0.39, 0.29) is 11.8 Å². The van der Waals surface area contributed by atoms with Crippen LogP contribution in [-0.4, -0.2) is 17.9 Å². The molecular weight excluding hydrogens is 300 g/mol. The summed E-state index contributed by atoms with van der Waals surface area (Å²) in [4.78, 5) is 26.9. The SMILES string of the molecule is CC1C(=O)Nc2ccccc2N1C(=O)c1ccc2ccccc2c1. The van der Waals surface area contributed by atoms with E-state index in [0.29, 0.717) is 11.3 Å². The molecule has 0 aromatic heterocycles. The molecule has 0 aliphatic carbocycles. The Morgan fingerprint density at radius 1 is 0.958 bits per heavy atom. The summed E-state index contributed by atoms with van der Waals surface area (Å²) >= 11 is 0. The van der Waals surface area contributed by atoms with Crippen molar-refractivity contribution in [1.29, 1.82) is 0 Å². The predicted octanol–water partition coefficient (Wildman–Crippen LogP) is 3.83. The van der Waals surface area contributed by atoms with Crippen LogP contribution in [0.25, 0.3) is 10.8 Å². The number of fused-ring (bicyclic) bond motifs is 2. The molecule has 0 spiro atoms. The van der Waals surface area contributed by atoms with Crippen molar-refractivity contribution in [3.05, 3.63) is 72.3 Å². The molecule has 3 aromatic carbocycles. The Labute approximate surface area is 139 Å². The van der Waals surface area contributed by atoms with Crippen molar-refractivity contribution >= 4 is 34.0 Å². The third-order valence-electron chi connectivity index (χ3n) is 4.40. The standard InChI is InChI=1S/C20H16N2O2/c1-13-19(23)21-17-8-4-5-9-18(17)22(13)20(24)16-11-10-14-6-2-3-7-15(14)12-16/h2-13H,1H3,(H,21,23). The number of para-hydroxylation sites is 2. The average molecular weight is 316 g/mol. The number of carbonyl (C=O) groups is 2. The molecule has 1 unspecified atom stereocenters. The normalized spacial score (nSPS) is 16.6. The molecule has 1 aliphatic heterocycles. The number of nitrogens with zero attached hydrogens (tertiary/aromatic N) is 1. The quantitative estimate of drug-likeness (QED) is 0.742. The van der Waals surface area contributed by atoms with E-state index in [1.54, 1.807) is 17.9 Å². The van der Waals surface area contributed by atoms with Gasteiger partial charge in [0, 0.05) is 5.56 Å². The van der Waals surface area contributed by atoms with Crippen molar-refractivity contribution in [3.8, 4) is 0 Å². The molecule has 0 fully saturated rings. The molecule has 1 heterocycles. The maximum absolute atomic E-state index is 13.1. The van der Waals surface area contributed by atoms with E-state index in [1.807, 2.05) is 60.7 Å². The number of anilines is 2. The smallest absolute Gasteiger partial charge is 0.259 e. The minimum Gasteiger partial charge on any atom is -0.322 e. The maximum atomic E-state index is 13.1. The zero-order valence-corrected chi connectivity index (χ0v) is 13.2. The first-order valence-corrected chi connectivity index (χ1v) is 7.87. The number of benzene rings is 3. The van der Waals surface area contributed by atoms with Crippen LogP contribution in [0.2, 0.25) is 0 Å². The van der Waals surface area contributed by atoms with E-state index in [0.717, 1.165) is 16.5 Å². The fourth-order valence-corrected chi connectivity index (χ4v) is 3.10. The lowest BCUT2D eigenvalue weighted by atomic mass is 10.0. The van der Waals surface area contributed by atoms with Crippen molar-refractivity contribution in [2.75, 3.05) is 10.2 Å². The number of nitrogens with one attached hydrogen (secondary N) is 1. The molecule has 1 aliphatic rings. The molecule has 0 saturated carbocycles. The molecule has 4 nitrogen and oxygen atoms in total. The van der Waals surface area contributed by atoms with E-state index in [2.05, 4.69) is 5.32 Å². The van der Waals surface area contributed by atoms with Crippen molar-refractivity contribution in [2.45, 2.75) is 13.0 Å². The molecule has 3 aromatic rings. The van der Waals surface area contributed by atoms with E-state index in [1.165, 1.54) is 0 Å². The molecule has 4 rings (SSSR count). The third-order valence-corrected chi connectivity index (χ3v) is 4.40.